The summed E-state index contributed by atoms with van der Waals surface area (Å²) in [6.07, 6.45) is 3.83. The van der Waals surface area contributed by atoms with Gasteiger partial charge in [-0.15, -0.1) is 24.8 Å². The van der Waals surface area contributed by atoms with Crippen LogP contribution in [0.1, 0.15) is 162 Å². The highest BCUT2D eigenvalue weighted by Crippen LogP contribution is 2.37. The first-order valence-electron chi connectivity index (χ1n) is 27.7. The fraction of sp³-hybridized carbons (Fsp3) is 0.567. The molecule has 0 aromatic heterocycles. The van der Waals surface area contributed by atoms with Crippen LogP contribution in [0, 0.1) is 34.3 Å². The number of aryl methyl sites for hydroxylation is 2. The molecule has 0 radical (unpaired) electrons. The van der Waals surface area contributed by atoms with Gasteiger partial charge < -0.3 is 41.7 Å². The van der Waals surface area contributed by atoms with Gasteiger partial charge in [-0.05, 0) is 131 Å². The maximum absolute atomic E-state index is 15.3. The number of likely N-dealkylation sites (tertiary alicyclic amines) is 2. The summed E-state index contributed by atoms with van der Waals surface area (Å²) in [5, 5.41) is 17.6. The predicted molar refractivity (Wildman–Crippen MR) is 306 cm³/mol. The summed E-state index contributed by atoms with van der Waals surface area (Å²) in [6.45, 7) is 14.3. The Balaban J connectivity index is 0.00000588. The molecule has 3 aromatic rings. The molecule has 2 aliphatic carbocycles. The Kier molecular flexibility index (Phi) is 22.2. The summed E-state index contributed by atoms with van der Waals surface area (Å²) in [4.78, 5) is 116. The number of carbonyl (C=O) groups is 8. The maximum atomic E-state index is 15.3. The van der Waals surface area contributed by atoms with Crippen molar-refractivity contribution in [2.45, 2.75) is 168 Å². The maximum Gasteiger partial charge on any atom is 0.246 e. The van der Waals surface area contributed by atoms with Crippen molar-refractivity contribution in [3.8, 4) is 0 Å². The minimum atomic E-state index is -1.04. The van der Waals surface area contributed by atoms with Crippen molar-refractivity contribution in [3.05, 3.63) is 106 Å². The van der Waals surface area contributed by atoms with Crippen molar-refractivity contribution in [2.24, 2.45) is 22.7 Å². The number of amides is 6. The van der Waals surface area contributed by atoms with Gasteiger partial charge in [0.05, 0.1) is 24.2 Å². The molecule has 80 heavy (non-hydrogen) atoms. The van der Waals surface area contributed by atoms with Gasteiger partial charge in [-0.25, -0.2) is 8.78 Å². The lowest BCUT2D eigenvalue weighted by Crippen LogP contribution is -2.59. The number of carbonyl (C=O) groups excluding carboxylic acids is 8. The molecule has 16 nitrogen and oxygen atoms in total. The predicted octanol–water partition coefficient (Wildman–Crippen LogP) is 7.05. The lowest BCUT2D eigenvalue weighted by atomic mass is 9.85. The molecule has 438 valence electrons. The Morgan fingerprint density at radius 3 is 1.29 bits per heavy atom. The molecule has 10 atom stereocenters. The first-order valence-corrected chi connectivity index (χ1v) is 27.7. The Hall–Kier alpha value is -5.82. The molecule has 0 bridgehead atoms. The highest BCUT2D eigenvalue weighted by Gasteiger charge is 2.48. The van der Waals surface area contributed by atoms with Gasteiger partial charge in [0.25, 0.3) is 0 Å². The summed E-state index contributed by atoms with van der Waals surface area (Å²) in [7, 11) is 3.26. The molecular formula is C60H82Cl2F2N8O8. The fourth-order valence-corrected chi connectivity index (χ4v) is 11.7. The average molecular weight is 1150 g/mol. The van der Waals surface area contributed by atoms with Gasteiger partial charge in [-0.1, -0.05) is 84.0 Å². The fourth-order valence-electron chi connectivity index (χ4n) is 11.7. The zero-order valence-electron chi connectivity index (χ0n) is 47.8. The van der Waals surface area contributed by atoms with E-state index in [1.165, 1.54) is 28.0 Å². The van der Waals surface area contributed by atoms with Crippen molar-refractivity contribution in [3.63, 3.8) is 0 Å². The number of nitrogens with zero attached hydrogens (tertiary/aromatic N) is 2. The molecule has 20 heteroatoms. The van der Waals surface area contributed by atoms with E-state index in [1.807, 2.05) is 53.7 Å². The minimum Gasteiger partial charge on any atom is -0.347 e. The third-order valence-corrected chi connectivity index (χ3v) is 16.3. The standard InChI is InChI=1S/C60H80F2N8O8.2ClH/c1-33(63-9)53(73)67-51(59(3,4)5)57(77)69-31-35(26-45(69)55(75)65-43-24-14-18-37-16-12-22-41(61)49(37)43)28-47(71)39-20-11-21-40(30-39)48(72)29-36-27-46(56(76)66-44-25-15-19-38-17-13-23-42(62)50(38)44)70(32-36)58(78)52(60(6,7)8)68-54(74)34(2)64-10;;/h11-13,16-17,20-23,30,33-36,43-46,51-52,63-64H,14-15,18-19,24-29,31-32H2,1-10H3,(H,65,75)(H,66,76)(H,67,73)(H,68,74);2*1H/t33-,34-,35+,36+,43?,44?,45-,46-,51+,52+;;/m0../s1. The number of hydrogen-bond acceptors (Lipinski definition) is 10. The Morgan fingerprint density at radius 2 is 0.938 bits per heavy atom. The molecule has 7 rings (SSSR count). The third-order valence-electron chi connectivity index (χ3n) is 16.3. The Bertz CT molecular complexity index is 2610. The SMILES string of the molecule is CN[C@@H](C)C(=O)N[C@H](C(=O)N1C[C@@H](CC(=O)c2cccc(C(=O)C[C@H]3C[C@@H](C(=O)NC4CCCc5cccc(F)c54)N(C(=O)[C@@H](NC(=O)[C@H](C)NC)C(C)(C)C)C3)c2)C[C@H]1C(=O)NC1CCCc2cccc(F)c21)C(C)(C)C.Cl.Cl. The number of nitrogens with one attached hydrogen (secondary N) is 6. The highest BCUT2D eigenvalue weighted by molar-refractivity contribution is 6.02. The Labute approximate surface area is 482 Å². The van der Waals surface area contributed by atoms with Crippen LogP contribution in [0.2, 0.25) is 0 Å². The number of ketones is 2. The summed E-state index contributed by atoms with van der Waals surface area (Å²) >= 11 is 0. The number of halogens is 4. The topological polar surface area (TPSA) is 215 Å². The second-order valence-electron chi connectivity index (χ2n) is 24.2. The smallest absolute Gasteiger partial charge is 0.246 e. The number of rotatable bonds is 18. The zero-order chi connectivity index (χ0) is 57.0. The second kappa shape index (κ2) is 27.3. The lowest BCUT2D eigenvalue weighted by molar-refractivity contribution is -0.144. The van der Waals surface area contributed by atoms with Crippen LogP contribution in [-0.2, 0) is 41.6 Å². The zero-order valence-corrected chi connectivity index (χ0v) is 49.4. The summed E-state index contributed by atoms with van der Waals surface area (Å²) in [5.74, 6) is -5.27. The average Bonchev–Trinajstić information content (AvgIpc) is 4.03. The van der Waals surface area contributed by atoms with E-state index in [1.54, 1.807) is 58.3 Å². The van der Waals surface area contributed by atoms with Crippen molar-refractivity contribution in [1.29, 1.82) is 0 Å². The van der Waals surface area contributed by atoms with E-state index in [0.29, 0.717) is 36.8 Å². The first kappa shape index (κ1) is 65.0. The largest absolute Gasteiger partial charge is 0.347 e. The first-order chi connectivity index (χ1) is 36.8. The number of benzene rings is 3. The van der Waals surface area contributed by atoms with Crippen LogP contribution in [0.15, 0.2) is 60.7 Å². The number of Topliss-reactive ketones (excluding diaryl/α,β-unsaturated/α-hetero) is 2. The number of hydrogen-bond donors (Lipinski definition) is 6. The second-order valence-corrected chi connectivity index (χ2v) is 24.2. The molecular weight excluding hydrogens is 1070 g/mol. The number of fused-ring (bicyclic) bond motifs is 2. The number of likely N-dealkylation sites (N-methyl/N-ethyl adjacent to an activating group) is 2. The molecule has 4 aliphatic rings. The molecule has 6 N–H and O–H groups in total. The van der Waals surface area contributed by atoms with E-state index in [2.05, 4.69) is 31.9 Å². The molecule has 0 saturated carbocycles. The molecule has 2 unspecified atom stereocenters. The van der Waals surface area contributed by atoms with Crippen LogP contribution in [-0.4, -0.2) is 120 Å². The van der Waals surface area contributed by atoms with E-state index in [4.69, 9.17) is 0 Å². The summed E-state index contributed by atoms with van der Waals surface area (Å²) < 4.78 is 30.6. The van der Waals surface area contributed by atoms with Gasteiger partial charge in [0.15, 0.2) is 11.6 Å². The van der Waals surface area contributed by atoms with E-state index < -0.39 is 118 Å². The van der Waals surface area contributed by atoms with Crippen molar-refractivity contribution >= 4 is 71.8 Å². The van der Waals surface area contributed by atoms with Gasteiger partial charge in [0, 0.05) is 48.2 Å². The van der Waals surface area contributed by atoms with Crippen LogP contribution in [0.4, 0.5) is 8.78 Å². The van der Waals surface area contributed by atoms with Crippen LogP contribution in [0.25, 0.3) is 0 Å². The van der Waals surface area contributed by atoms with Crippen molar-refractivity contribution in [2.75, 3.05) is 27.2 Å². The van der Waals surface area contributed by atoms with Gasteiger partial charge in [0.1, 0.15) is 35.8 Å². The summed E-state index contributed by atoms with van der Waals surface area (Å²) in [6, 6.07) is 9.38. The van der Waals surface area contributed by atoms with E-state index in [-0.39, 0.29) is 86.3 Å². The van der Waals surface area contributed by atoms with Gasteiger partial charge in [-0.2, -0.15) is 0 Å². The molecule has 0 spiro atoms. The van der Waals surface area contributed by atoms with E-state index in [0.717, 1.165) is 24.0 Å². The van der Waals surface area contributed by atoms with Crippen LogP contribution in [0.5, 0.6) is 0 Å². The van der Waals surface area contributed by atoms with Crippen molar-refractivity contribution in [1.82, 2.24) is 41.7 Å². The quantitative estimate of drug-likeness (QED) is 0.0714. The molecule has 2 heterocycles. The van der Waals surface area contributed by atoms with Crippen LogP contribution >= 0.6 is 24.8 Å². The molecule has 2 saturated heterocycles. The van der Waals surface area contributed by atoms with Crippen molar-refractivity contribution < 1.29 is 47.1 Å². The molecule has 2 aliphatic heterocycles. The van der Waals surface area contributed by atoms with Gasteiger partial charge in [-0.3, -0.25) is 38.4 Å². The Morgan fingerprint density at radius 1 is 0.575 bits per heavy atom. The van der Waals surface area contributed by atoms with Crippen LogP contribution in [0.3, 0.4) is 0 Å². The monoisotopic (exact) mass is 1150 g/mol. The highest BCUT2D eigenvalue weighted by atomic mass is 35.5. The summed E-state index contributed by atoms with van der Waals surface area (Å²) in [5.41, 5.74) is 1.37. The lowest BCUT2D eigenvalue weighted by Gasteiger charge is -2.36. The molecule has 2 fully saturated rings. The molecule has 6 amide bonds. The van der Waals surface area contributed by atoms with Gasteiger partial charge in [0.2, 0.25) is 35.4 Å². The molecule has 3 aromatic carbocycles. The minimum absolute atomic E-state index is 0. The third kappa shape index (κ3) is 15.0. The van der Waals surface area contributed by atoms with E-state index >= 15 is 8.78 Å². The van der Waals surface area contributed by atoms with Gasteiger partial charge >= 0.3 is 0 Å². The normalized spacial score (nSPS) is 22.1. The van der Waals surface area contributed by atoms with Crippen LogP contribution < -0.4 is 31.9 Å². The van der Waals surface area contributed by atoms with E-state index in [9.17, 15) is 38.4 Å².